The fourth-order valence-electron chi connectivity index (χ4n) is 4.28. The van der Waals surface area contributed by atoms with E-state index in [-0.39, 0.29) is 11.6 Å². The fraction of sp³-hybridized carbons (Fsp3) is 0.783. The SMILES string of the molecule is Cc1ccnc([C@H](C(C)C)C(B2OC(C)(C)C(C)(C)O2)B2OC(C)(C)C(C)(C)O2)c1. The lowest BCUT2D eigenvalue weighted by atomic mass is 9.45. The molecule has 30 heavy (non-hydrogen) atoms. The van der Waals surface area contributed by atoms with Gasteiger partial charge in [-0.2, -0.15) is 0 Å². The van der Waals surface area contributed by atoms with E-state index >= 15 is 0 Å². The molecule has 2 aliphatic heterocycles. The number of aryl methyl sites for hydroxylation is 1. The average molecular weight is 415 g/mol. The van der Waals surface area contributed by atoms with Crippen molar-refractivity contribution in [2.24, 2.45) is 5.92 Å². The minimum absolute atomic E-state index is 0.0503. The van der Waals surface area contributed by atoms with Crippen LogP contribution in [0.3, 0.4) is 0 Å². The van der Waals surface area contributed by atoms with Crippen molar-refractivity contribution in [1.82, 2.24) is 4.98 Å². The van der Waals surface area contributed by atoms with Crippen molar-refractivity contribution in [3.63, 3.8) is 0 Å². The molecule has 2 aliphatic rings. The molecule has 0 amide bonds. The lowest BCUT2D eigenvalue weighted by Gasteiger charge is -2.32. The van der Waals surface area contributed by atoms with E-state index in [0.717, 1.165) is 5.69 Å². The predicted molar refractivity (Wildman–Crippen MR) is 122 cm³/mol. The summed E-state index contributed by atoms with van der Waals surface area (Å²) in [6, 6.07) is 4.19. The highest BCUT2D eigenvalue weighted by atomic mass is 16.7. The van der Waals surface area contributed by atoms with E-state index in [4.69, 9.17) is 23.6 Å². The van der Waals surface area contributed by atoms with Crippen molar-refractivity contribution in [2.75, 3.05) is 0 Å². The zero-order chi connectivity index (χ0) is 22.7. The van der Waals surface area contributed by atoms with Gasteiger partial charge in [-0.3, -0.25) is 4.98 Å². The third-order valence-corrected chi connectivity index (χ3v) is 7.58. The van der Waals surface area contributed by atoms with Crippen LogP contribution in [0.15, 0.2) is 18.3 Å². The monoisotopic (exact) mass is 415 g/mol. The first kappa shape index (κ1) is 23.8. The van der Waals surface area contributed by atoms with Crippen LogP contribution >= 0.6 is 0 Å². The highest BCUT2D eigenvalue weighted by molar-refractivity contribution is 6.68. The number of rotatable bonds is 5. The van der Waals surface area contributed by atoms with Crippen LogP contribution in [0.25, 0.3) is 0 Å². The Balaban J connectivity index is 2.08. The van der Waals surface area contributed by atoms with Gasteiger partial charge in [-0.1, -0.05) is 13.8 Å². The zero-order valence-corrected chi connectivity index (χ0v) is 20.7. The van der Waals surface area contributed by atoms with Crippen molar-refractivity contribution in [1.29, 1.82) is 0 Å². The highest BCUT2D eigenvalue weighted by Gasteiger charge is 2.64. The topological polar surface area (TPSA) is 49.8 Å². The summed E-state index contributed by atoms with van der Waals surface area (Å²) >= 11 is 0. The highest BCUT2D eigenvalue weighted by Crippen LogP contribution is 2.51. The fourth-order valence-corrected chi connectivity index (χ4v) is 4.28. The van der Waals surface area contributed by atoms with Crippen molar-refractivity contribution in [3.05, 3.63) is 29.6 Å². The van der Waals surface area contributed by atoms with Gasteiger partial charge in [-0.25, -0.2) is 0 Å². The second-order valence-corrected chi connectivity index (χ2v) is 11.4. The van der Waals surface area contributed by atoms with Crippen LogP contribution in [0.5, 0.6) is 0 Å². The molecule has 2 saturated heterocycles. The molecule has 0 N–H and O–H groups in total. The Kier molecular flexibility index (Phi) is 6.03. The van der Waals surface area contributed by atoms with Gasteiger partial charge in [-0.15, -0.1) is 0 Å². The molecule has 3 rings (SSSR count). The van der Waals surface area contributed by atoms with E-state index in [1.807, 2.05) is 12.3 Å². The van der Waals surface area contributed by atoms with Gasteiger partial charge >= 0.3 is 14.2 Å². The van der Waals surface area contributed by atoms with Crippen LogP contribution in [0.2, 0.25) is 5.72 Å². The molecule has 0 spiro atoms. The molecule has 1 aromatic heterocycles. The van der Waals surface area contributed by atoms with E-state index in [9.17, 15) is 0 Å². The van der Waals surface area contributed by atoms with Gasteiger partial charge in [0, 0.05) is 23.5 Å². The largest absolute Gasteiger partial charge is 0.459 e. The summed E-state index contributed by atoms with van der Waals surface area (Å²) in [6.45, 7) is 23.2. The van der Waals surface area contributed by atoms with Crippen LogP contribution in [0.1, 0.15) is 86.4 Å². The minimum Gasteiger partial charge on any atom is -0.403 e. The van der Waals surface area contributed by atoms with Crippen molar-refractivity contribution >= 4 is 14.2 Å². The quantitative estimate of drug-likeness (QED) is 0.617. The third kappa shape index (κ3) is 4.11. The molecule has 0 aliphatic carbocycles. The molecule has 3 heterocycles. The van der Waals surface area contributed by atoms with Crippen molar-refractivity contribution < 1.29 is 18.6 Å². The first-order valence-corrected chi connectivity index (χ1v) is 11.2. The number of pyridine rings is 1. The molecule has 0 radical (unpaired) electrons. The molecule has 2 fully saturated rings. The molecule has 0 saturated carbocycles. The molecular formula is C23H39B2NO4. The molecule has 0 bridgehead atoms. The number of hydrogen-bond acceptors (Lipinski definition) is 5. The number of aromatic nitrogens is 1. The Morgan fingerprint density at radius 1 is 0.767 bits per heavy atom. The van der Waals surface area contributed by atoms with Gasteiger partial charge < -0.3 is 18.6 Å². The second kappa shape index (κ2) is 7.61. The van der Waals surface area contributed by atoms with Gasteiger partial charge in [0.1, 0.15) is 0 Å². The molecule has 5 nitrogen and oxygen atoms in total. The molecular weight excluding hydrogens is 376 g/mol. The minimum atomic E-state index is -0.459. The summed E-state index contributed by atoms with van der Waals surface area (Å²) in [5, 5.41) is 0. The molecule has 166 valence electrons. The summed E-state index contributed by atoms with van der Waals surface area (Å²) in [4.78, 5) is 4.75. The van der Waals surface area contributed by atoms with Crippen LogP contribution in [0.4, 0.5) is 0 Å². The van der Waals surface area contributed by atoms with Crippen LogP contribution in [0, 0.1) is 12.8 Å². The summed E-state index contributed by atoms with van der Waals surface area (Å²) in [7, 11) is -0.918. The predicted octanol–water partition coefficient (Wildman–Crippen LogP) is 5.22. The maximum absolute atomic E-state index is 6.55. The van der Waals surface area contributed by atoms with Gasteiger partial charge in [-0.05, 0) is 85.9 Å². The second-order valence-electron chi connectivity index (χ2n) is 11.4. The first-order valence-electron chi connectivity index (χ1n) is 11.2. The average Bonchev–Trinajstić information content (AvgIpc) is 2.91. The van der Waals surface area contributed by atoms with Crippen LogP contribution in [-0.4, -0.2) is 41.6 Å². The maximum Gasteiger partial charge on any atom is 0.459 e. The van der Waals surface area contributed by atoms with Crippen LogP contribution in [-0.2, 0) is 18.6 Å². The zero-order valence-electron chi connectivity index (χ0n) is 20.7. The molecule has 1 atom stereocenters. The summed E-state index contributed by atoms with van der Waals surface area (Å²) < 4.78 is 26.2. The Morgan fingerprint density at radius 3 is 1.50 bits per heavy atom. The van der Waals surface area contributed by atoms with Gasteiger partial charge in [0.05, 0.1) is 22.4 Å². The first-order chi connectivity index (χ1) is 13.6. The Hall–Kier alpha value is -0.880. The summed E-state index contributed by atoms with van der Waals surface area (Å²) in [5.74, 6) is 0.344. The van der Waals surface area contributed by atoms with Crippen LogP contribution < -0.4 is 0 Å². The van der Waals surface area contributed by atoms with E-state index < -0.39 is 36.6 Å². The number of hydrogen-bond donors (Lipinski definition) is 0. The smallest absolute Gasteiger partial charge is 0.403 e. The van der Waals surface area contributed by atoms with Gasteiger partial charge in [0.15, 0.2) is 0 Å². The Morgan fingerprint density at radius 2 is 1.17 bits per heavy atom. The lowest BCUT2D eigenvalue weighted by molar-refractivity contribution is 0.00578. The van der Waals surface area contributed by atoms with Crippen molar-refractivity contribution in [2.45, 2.75) is 110 Å². The Bertz CT molecular complexity index is 710. The molecule has 1 aromatic rings. The Labute approximate surface area is 183 Å². The third-order valence-electron chi connectivity index (χ3n) is 7.58. The van der Waals surface area contributed by atoms with Gasteiger partial charge in [0.2, 0.25) is 0 Å². The van der Waals surface area contributed by atoms with E-state index in [1.165, 1.54) is 5.56 Å². The molecule has 7 heteroatoms. The maximum atomic E-state index is 6.55. The normalized spacial score (nSPS) is 25.4. The number of nitrogens with zero attached hydrogens (tertiary/aromatic N) is 1. The molecule has 0 unspecified atom stereocenters. The summed E-state index contributed by atoms with van der Waals surface area (Å²) in [6.07, 6.45) is 1.88. The van der Waals surface area contributed by atoms with Crippen molar-refractivity contribution in [3.8, 4) is 0 Å². The molecule has 0 aromatic carbocycles. The lowest BCUT2D eigenvalue weighted by Crippen LogP contribution is -2.43. The van der Waals surface area contributed by atoms with E-state index in [2.05, 4.69) is 82.2 Å². The van der Waals surface area contributed by atoms with Gasteiger partial charge in [0.25, 0.3) is 0 Å². The standard InChI is InChI=1S/C23H39B2NO4/c1-15(2)18(17-14-16(3)12-13-26-17)19(24-27-20(4,5)21(6,7)28-24)25-29-22(8,9)23(10,11)30-25/h12-15,18-19H,1-11H3/t18-/m0/s1. The van der Waals surface area contributed by atoms with E-state index in [1.54, 1.807) is 0 Å². The van der Waals surface area contributed by atoms with E-state index in [0.29, 0.717) is 5.92 Å². The summed E-state index contributed by atoms with van der Waals surface area (Å²) in [5.41, 5.74) is 0.331.